The molecule has 154 valence electrons. The Kier molecular flexibility index (Phi) is 6.06. The number of carbonyl (C=O) groups is 1. The Labute approximate surface area is 184 Å². The summed E-state index contributed by atoms with van der Waals surface area (Å²) in [5.74, 6) is 0.772. The number of hydrogen-bond acceptors (Lipinski definition) is 4. The highest BCUT2D eigenvalue weighted by Crippen LogP contribution is 2.38. The maximum atomic E-state index is 13.1. The van der Waals surface area contributed by atoms with Crippen LogP contribution in [0.1, 0.15) is 18.5 Å². The predicted molar refractivity (Wildman–Crippen MR) is 118 cm³/mol. The van der Waals surface area contributed by atoms with Crippen molar-refractivity contribution in [2.24, 2.45) is 10.9 Å². The fourth-order valence-electron chi connectivity index (χ4n) is 3.56. The van der Waals surface area contributed by atoms with Gasteiger partial charge in [-0.15, -0.1) is 0 Å². The van der Waals surface area contributed by atoms with Gasteiger partial charge in [0.1, 0.15) is 18.3 Å². The summed E-state index contributed by atoms with van der Waals surface area (Å²) in [6.07, 6.45) is 1.67. The predicted octanol–water partition coefficient (Wildman–Crippen LogP) is 4.70. The maximum absolute atomic E-state index is 13.1. The van der Waals surface area contributed by atoms with Gasteiger partial charge in [0.2, 0.25) is 5.91 Å². The van der Waals surface area contributed by atoms with Crippen LogP contribution in [0.25, 0.3) is 0 Å². The number of hydrogen-bond donors (Lipinski definition) is 1. The summed E-state index contributed by atoms with van der Waals surface area (Å²) >= 11 is 12.3. The summed E-state index contributed by atoms with van der Waals surface area (Å²) in [7, 11) is 0. The molecule has 3 aromatic rings. The number of amides is 1. The van der Waals surface area contributed by atoms with Gasteiger partial charge in [-0.2, -0.15) is 5.10 Å². The van der Waals surface area contributed by atoms with Crippen LogP contribution in [0.5, 0.6) is 5.75 Å². The molecule has 1 aliphatic rings. The topological polar surface area (TPSA) is 68.5 Å². The number of carbonyl (C=O) groups excluding carboxylic acids is 1. The Hall–Kier alpha value is -2.83. The lowest BCUT2D eigenvalue weighted by Gasteiger charge is -2.31. The van der Waals surface area contributed by atoms with Crippen molar-refractivity contribution in [1.82, 2.24) is 15.1 Å². The number of aromatic nitrogens is 2. The van der Waals surface area contributed by atoms with Crippen molar-refractivity contribution in [3.63, 3.8) is 0 Å². The van der Waals surface area contributed by atoms with Gasteiger partial charge in [-0.1, -0.05) is 47.5 Å². The average molecular weight is 443 g/mol. The molecule has 6 nitrogen and oxygen atoms in total. The summed E-state index contributed by atoms with van der Waals surface area (Å²) in [6.45, 7) is 2.59. The third-order valence-electron chi connectivity index (χ3n) is 4.95. The minimum Gasteiger partial charge on any atom is -0.492 e. The lowest BCUT2D eigenvalue weighted by atomic mass is 9.87. The van der Waals surface area contributed by atoms with Crippen LogP contribution in [0.15, 0.2) is 65.8 Å². The monoisotopic (exact) mass is 442 g/mol. The number of halogens is 2. The number of ether oxygens (including phenoxy) is 1. The molecule has 0 spiro atoms. The van der Waals surface area contributed by atoms with Crippen molar-refractivity contribution >= 4 is 40.6 Å². The van der Waals surface area contributed by atoms with E-state index in [2.05, 4.69) is 15.4 Å². The van der Waals surface area contributed by atoms with Crippen molar-refractivity contribution in [3.05, 3.63) is 76.4 Å². The number of nitrogens with zero attached hydrogens (tertiary/aromatic N) is 3. The zero-order valence-corrected chi connectivity index (χ0v) is 17.8. The highest BCUT2D eigenvalue weighted by Gasteiger charge is 2.38. The Morgan fingerprint density at radius 1 is 1.13 bits per heavy atom. The summed E-state index contributed by atoms with van der Waals surface area (Å²) in [5, 5.41) is 8.24. The van der Waals surface area contributed by atoms with E-state index in [0.29, 0.717) is 34.7 Å². The van der Waals surface area contributed by atoms with E-state index < -0.39 is 5.92 Å². The first-order chi connectivity index (χ1) is 14.5. The van der Waals surface area contributed by atoms with Gasteiger partial charge in [-0.3, -0.25) is 4.79 Å². The molecule has 30 heavy (non-hydrogen) atoms. The van der Waals surface area contributed by atoms with Gasteiger partial charge >= 0.3 is 0 Å². The normalized spacial score (nSPS) is 17.8. The quantitative estimate of drug-likeness (QED) is 0.562. The van der Waals surface area contributed by atoms with E-state index in [1.807, 2.05) is 49.4 Å². The molecule has 1 amide bonds. The number of nitrogens with one attached hydrogen (secondary N) is 1. The second-order valence-corrected chi connectivity index (χ2v) is 7.75. The largest absolute Gasteiger partial charge is 0.492 e. The molecule has 2 unspecified atom stereocenters. The van der Waals surface area contributed by atoms with E-state index >= 15 is 0 Å². The molecular weight excluding hydrogens is 423 g/mol. The molecule has 0 saturated heterocycles. The van der Waals surface area contributed by atoms with Crippen LogP contribution in [0.3, 0.4) is 0 Å². The molecule has 0 fully saturated rings. The first kappa shape index (κ1) is 20.4. The first-order valence-electron chi connectivity index (χ1n) is 9.54. The molecule has 2 heterocycles. The summed E-state index contributed by atoms with van der Waals surface area (Å²) < 4.78 is 7.41. The SMILES string of the molecule is CC1=Nc2ccnn2C(c2ccc(Cl)c(Cl)c2)C1C(=O)NCCOc1ccccc1. The minimum atomic E-state index is -0.536. The highest BCUT2D eigenvalue weighted by molar-refractivity contribution is 6.42. The highest BCUT2D eigenvalue weighted by atomic mass is 35.5. The number of aliphatic imine (C=N–C) groups is 1. The molecular formula is C22H20Cl2N4O2. The standard InChI is InChI=1S/C22H20Cl2N4O2/c1-14-20(22(29)25-11-12-30-16-5-3-2-4-6-16)21(28-19(27-14)9-10-26-28)15-7-8-17(23)18(24)13-15/h2-10,13,20-21H,11-12H2,1H3,(H,25,29). The van der Waals surface area contributed by atoms with Gasteiger partial charge in [0, 0.05) is 11.8 Å². The van der Waals surface area contributed by atoms with Crippen LogP contribution in [-0.2, 0) is 4.79 Å². The second-order valence-electron chi connectivity index (χ2n) is 6.94. The van der Waals surface area contributed by atoms with Crippen molar-refractivity contribution in [1.29, 1.82) is 0 Å². The number of para-hydroxylation sites is 1. The molecule has 1 aromatic heterocycles. The van der Waals surface area contributed by atoms with Gasteiger partial charge < -0.3 is 10.1 Å². The van der Waals surface area contributed by atoms with E-state index in [4.69, 9.17) is 27.9 Å². The first-order valence-corrected chi connectivity index (χ1v) is 10.3. The lowest BCUT2D eigenvalue weighted by Crippen LogP contribution is -2.43. The average Bonchev–Trinajstić information content (AvgIpc) is 3.21. The fraction of sp³-hybridized carbons (Fsp3) is 0.227. The molecule has 1 N–H and O–H groups in total. The summed E-state index contributed by atoms with van der Waals surface area (Å²) in [4.78, 5) is 17.7. The molecule has 0 radical (unpaired) electrons. The van der Waals surface area contributed by atoms with Crippen molar-refractivity contribution < 1.29 is 9.53 Å². The Bertz CT molecular complexity index is 1080. The summed E-state index contributed by atoms with van der Waals surface area (Å²) in [5.41, 5.74) is 1.55. The van der Waals surface area contributed by atoms with Gasteiger partial charge in [-0.05, 0) is 36.8 Å². The zero-order chi connectivity index (χ0) is 21.1. The molecule has 2 atom stereocenters. The minimum absolute atomic E-state index is 0.148. The Balaban J connectivity index is 1.53. The number of rotatable bonds is 6. The van der Waals surface area contributed by atoms with E-state index in [1.165, 1.54) is 0 Å². The third-order valence-corrected chi connectivity index (χ3v) is 5.69. The number of benzene rings is 2. The van der Waals surface area contributed by atoms with Crippen LogP contribution < -0.4 is 10.1 Å². The van der Waals surface area contributed by atoms with Crippen molar-refractivity contribution in [2.75, 3.05) is 13.2 Å². The van der Waals surface area contributed by atoms with E-state index in [-0.39, 0.29) is 11.9 Å². The zero-order valence-electron chi connectivity index (χ0n) is 16.3. The number of fused-ring (bicyclic) bond motifs is 1. The van der Waals surface area contributed by atoms with Crippen LogP contribution in [0, 0.1) is 5.92 Å². The fourth-order valence-corrected chi connectivity index (χ4v) is 3.87. The second kappa shape index (κ2) is 8.90. The van der Waals surface area contributed by atoms with Crippen LogP contribution in [-0.4, -0.2) is 34.6 Å². The molecule has 1 aliphatic heterocycles. The smallest absolute Gasteiger partial charge is 0.231 e. The molecule has 8 heteroatoms. The molecule has 0 bridgehead atoms. The molecule has 0 saturated carbocycles. The van der Waals surface area contributed by atoms with Gasteiger partial charge in [0.05, 0.1) is 28.8 Å². The van der Waals surface area contributed by atoms with E-state index in [9.17, 15) is 4.79 Å². The van der Waals surface area contributed by atoms with Crippen LogP contribution in [0.2, 0.25) is 10.0 Å². The van der Waals surface area contributed by atoms with Crippen molar-refractivity contribution in [3.8, 4) is 5.75 Å². The van der Waals surface area contributed by atoms with Crippen LogP contribution in [0.4, 0.5) is 5.82 Å². The molecule has 2 aromatic carbocycles. The van der Waals surface area contributed by atoms with Gasteiger partial charge in [-0.25, -0.2) is 9.67 Å². The molecule has 0 aliphatic carbocycles. The van der Waals surface area contributed by atoms with Gasteiger partial charge in [0.15, 0.2) is 5.82 Å². The Morgan fingerprint density at radius 3 is 2.70 bits per heavy atom. The lowest BCUT2D eigenvalue weighted by molar-refractivity contribution is -0.124. The molecule has 4 rings (SSSR count). The maximum Gasteiger partial charge on any atom is 0.231 e. The summed E-state index contributed by atoms with van der Waals surface area (Å²) in [6, 6.07) is 16.3. The van der Waals surface area contributed by atoms with Crippen molar-refractivity contribution in [2.45, 2.75) is 13.0 Å². The third kappa shape index (κ3) is 4.20. The van der Waals surface area contributed by atoms with E-state index in [0.717, 1.165) is 11.3 Å². The van der Waals surface area contributed by atoms with Crippen LogP contribution >= 0.6 is 23.2 Å². The van der Waals surface area contributed by atoms with E-state index in [1.54, 1.807) is 23.0 Å². The van der Waals surface area contributed by atoms with Gasteiger partial charge in [0.25, 0.3) is 0 Å². The Morgan fingerprint density at radius 2 is 1.93 bits per heavy atom.